The average molecular weight is 328 g/mol. The Labute approximate surface area is 139 Å². The van der Waals surface area contributed by atoms with Gasteiger partial charge in [0, 0.05) is 6.07 Å². The predicted octanol–water partition coefficient (Wildman–Crippen LogP) is 2.69. The van der Waals surface area contributed by atoms with E-state index in [1.54, 1.807) is 24.3 Å². The highest BCUT2D eigenvalue weighted by Crippen LogP contribution is 2.25. The zero-order valence-electron chi connectivity index (χ0n) is 12.8. The van der Waals surface area contributed by atoms with Crippen molar-refractivity contribution in [1.82, 2.24) is 5.32 Å². The molecule has 0 radical (unpaired) electrons. The minimum atomic E-state index is -0.603. The van der Waals surface area contributed by atoms with Crippen LogP contribution in [0.4, 0.5) is 14.9 Å². The Morgan fingerprint density at radius 1 is 1.29 bits per heavy atom. The van der Waals surface area contributed by atoms with Crippen molar-refractivity contribution in [2.75, 3.05) is 18.5 Å². The lowest BCUT2D eigenvalue weighted by atomic mass is 10.1. The molecule has 1 unspecified atom stereocenters. The summed E-state index contributed by atoms with van der Waals surface area (Å²) in [5.74, 6) is 2.02. The van der Waals surface area contributed by atoms with Crippen molar-refractivity contribution in [3.63, 3.8) is 0 Å². The zero-order chi connectivity index (χ0) is 17.4. The molecule has 1 atom stereocenters. The van der Waals surface area contributed by atoms with Crippen LogP contribution in [-0.2, 0) is 0 Å². The van der Waals surface area contributed by atoms with Gasteiger partial charge in [-0.25, -0.2) is 9.18 Å². The third-order valence-electron chi connectivity index (χ3n) is 3.19. The molecule has 0 aliphatic rings. The van der Waals surface area contributed by atoms with E-state index in [4.69, 9.17) is 11.2 Å². The van der Waals surface area contributed by atoms with Gasteiger partial charge in [-0.3, -0.25) is 0 Å². The van der Waals surface area contributed by atoms with Crippen LogP contribution in [-0.4, -0.2) is 24.4 Å². The molecule has 0 saturated carbocycles. The van der Waals surface area contributed by atoms with Gasteiger partial charge < -0.3 is 20.5 Å². The molecule has 0 saturated heterocycles. The molecule has 0 bridgehead atoms. The Balaban J connectivity index is 2.09. The fourth-order valence-corrected chi connectivity index (χ4v) is 2.08. The van der Waals surface area contributed by atoms with E-state index < -0.39 is 17.9 Å². The van der Waals surface area contributed by atoms with E-state index in [-0.39, 0.29) is 24.7 Å². The van der Waals surface area contributed by atoms with Gasteiger partial charge in [-0.2, -0.15) is 0 Å². The number of ether oxygens (including phenoxy) is 1. The van der Waals surface area contributed by atoms with Gasteiger partial charge in [0.1, 0.15) is 18.2 Å². The number of carbonyl (C=O) groups is 1. The smallest absolute Gasteiger partial charge is 0.319 e. The molecular formula is C18H17FN2O3. The summed E-state index contributed by atoms with van der Waals surface area (Å²) in [6, 6.07) is 11.5. The van der Waals surface area contributed by atoms with E-state index in [0.717, 1.165) is 11.6 Å². The van der Waals surface area contributed by atoms with Crippen molar-refractivity contribution in [2.45, 2.75) is 6.04 Å². The fraction of sp³-hybridized carbons (Fsp3) is 0.167. The minimum Gasteiger partial charge on any atom is -0.479 e. The first-order valence-corrected chi connectivity index (χ1v) is 7.23. The molecular weight excluding hydrogens is 311 g/mol. The molecule has 2 rings (SSSR count). The van der Waals surface area contributed by atoms with Crippen molar-refractivity contribution < 1.29 is 19.0 Å². The number of anilines is 1. The first-order valence-electron chi connectivity index (χ1n) is 7.23. The molecule has 2 amide bonds. The van der Waals surface area contributed by atoms with Gasteiger partial charge in [-0.1, -0.05) is 36.3 Å². The number of rotatable bonds is 6. The molecule has 0 fully saturated rings. The maximum Gasteiger partial charge on any atom is 0.319 e. The Kier molecular flexibility index (Phi) is 6.17. The first-order chi connectivity index (χ1) is 11.6. The van der Waals surface area contributed by atoms with Gasteiger partial charge in [0.05, 0.1) is 18.3 Å². The highest BCUT2D eigenvalue weighted by molar-refractivity contribution is 5.91. The van der Waals surface area contributed by atoms with Crippen molar-refractivity contribution in [3.8, 4) is 18.1 Å². The summed E-state index contributed by atoms with van der Waals surface area (Å²) in [5, 5.41) is 14.6. The number of hydrogen-bond acceptors (Lipinski definition) is 3. The minimum absolute atomic E-state index is 0.00872. The topological polar surface area (TPSA) is 70.6 Å². The number of benzene rings is 2. The van der Waals surface area contributed by atoms with Gasteiger partial charge in [-0.05, 0) is 17.7 Å². The lowest BCUT2D eigenvalue weighted by Crippen LogP contribution is -2.34. The Morgan fingerprint density at radius 2 is 2.04 bits per heavy atom. The van der Waals surface area contributed by atoms with E-state index in [0.29, 0.717) is 0 Å². The Bertz CT molecular complexity index is 729. The summed E-state index contributed by atoms with van der Waals surface area (Å²) >= 11 is 0. The Hall–Kier alpha value is -3.04. The number of nitrogens with one attached hydrogen (secondary N) is 2. The molecule has 0 aliphatic carbocycles. The summed E-state index contributed by atoms with van der Waals surface area (Å²) < 4.78 is 18.7. The van der Waals surface area contributed by atoms with Crippen LogP contribution >= 0.6 is 0 Å². The van der Waals surface area contributed by atoms with Crippen LogP contribution in [0.2, 0.25) is 0 Å². The highest BCUT2D eigenvalue weighted by Gasteiger charge is 2.15. The maximum absolute atomic E-state index is 13.4. The van der Waals surface area contributed by atoms with Crippen LogP contribution < -0.4 is 15.4 Å². The Morgan fingerprint density at radius 3 is 2.71 bits per heavy atom. The zero-order valence-corrected chi connectivity index (χ0v) is 12.8. The number of carbonyl (C=O) groups excluding carboxylic acids is 1. The maximum atomic E-state index is 13.4. The third-order valence-corrected chi connectivity index (χ3v) is 3.19. The van der Waals surface area contributed by atoms with Crippen molar-refractivity contribution >= 4 is 11.7 Å². The van der Waals surface area contributed by atoms with Gasteiger partial charge in [0.25, 0.3) is 0 Å². The number of aliphatic hydroxyl groups excluding tert-OH is 1. The van der Waals surface area contributed by atoms with Crippen LogP contribution in [0.3, 0.4) is 0 Å². The molecule has 24 heavy (non-hydrogen) atoms. The quantitative estimate of drug-likeness (QED) is 0.714. The fourth-order valence-electron chi connectivity index (χ4n) is 2.08. The monoisotopic (exact) mass is 328 g/mol. The predicted molar refractivity (Wildman–Crippen MR) is 89.2 cm³/mol. The van der Waals surface area contributed by atoms with E-state index in [1.165, 1.54) is 12.1 Å². The van der Waals surface area contributed by atoms with Crippen molar-refractivity contribution in [1.29, 1.82) is 0 Å². The first kappa shape index (κ1) is 17.3. The SMILES string of the molecule is C#CCOc1ccc(F)cc1NC(=O)NC(CO)c1ccccc1. The summed E-state index contributed by atoms with van der Waals surface area (Å²) in [7, 11) is 0. The lowest BCUT2D eigenvalue weighted by molar-refractivity contribution is 0.225. The van der Waals surface area contributed by atoms with Crippen molar-refractivity contribution in [3.05, 3.63) is 59.9 Å². The molecule has 0 heterocycles. The van der Waals surface area contributed by atoms with E-state index in [2.05, 4.69) is 16.6 Å². The van der Waals surface area contributed by atoms with E-state index in [9.17, 15) is 14.3 Å². The molecule has 0 aromatic heterocycles. The molecule has 124 valence electrons. The largest absolute Gasteiger partial charge is 0.479 e. The van der Waals surface area contributed by atoms with Crippen molar-refractivity contribution in [2.24, 2.45) is 0 Å². The van der Waals surface area contributed by atoms with Gasteiger partial charge >= 0.3 is 6.03 Å². The average Bonchev–Trinajstić information content (AvgIpc) is 2.60. The van der Waals surface area contributed by atoms with Crippen LogP contribution in [0.5, 0.6) is 5.75 Å². The number of terminal acetylenes is 1. The summed E-state index contributed by atoms with van der Waals surface area (Å²) in [4.78, 5) is 12.1. The van der Waals surface area contributed by atoms with Gasteiger partial charge in [-0.15, -0.1) is 6.42 Å². The van der Waals surface area contributed by atoms with Gasteiger partial charge in [0.15, 0.2) is 0 Å². The summed E-state index contributed by atoms with van der Waals surface area (Å²) in [5.41, 5.74) is 0.894. The second-order valence-corrected chi connectivity index (χ2v) is 4.88. The molecule has 0 aliphatic heterocycles. The molecule has 2 aromatic carbocycles. The number of halogens is 1. The second kappa shape index (κ2) is 8.56. The van der Waals surface area contributed by atoms with E-state index >= 15 is 0 Å². The summed E-state index contributed by atoms with van der Waals surface area (Å²) in [6.45, 7) is -0.285. The molecule has 5 nitrogen and oxygen atoms in total. The number of hydrogen-bond donors (Lipinski definition) is 3. The van der Waals surface area contributed by atoms with E-state index in [1.807, 2.05) is 6.07 Å². The summed E-state index contributed by atoms with van der Waals surface area (Å²) in [6.07, 6.45) is 5.13. The van der Waals surface area contributed by atoms with Crippen LogP contribution in [0.15, 0.2) is 48.5 Å². The lowest BCUT2D eigenvalue weighted by Gasteiger charge is -2.18. The normalized spacial score (nSPS) is 11.2. The van der Waals surface area contributed by atoms with Gasteiger partial charge in [0.2, 0.25) is 0 Å². The number of urea groups is 1. The van der Waals surface area contributed by atoms with Crippen LogP contribution in [0.1, 0.15) is 11.6 Å². The standard InChI is InChI=1S/C18H17FN2O3/c1-2-10-24-17-9-8-14(19)11-15(17)20-18(23)21-16(12-22)13-6-4-3-5-7-13/h1,3-9,11,16,22H,10,12H2,(H2,20,21,23). The molecule has 2 aromatic rings. The third kappa shape index (κ3) is 4.73. The highest BCUT2D eigenvalue weighted by atomic mass is 19.1. The molecule has 0 spiro atoms. The number of amides is 2. The number of aliphatic hydroxyl groups is 1. The second-order valence-electron chi connectivity index (χ2n) is 4.88. The van der Waals surface area contributed by atoms with Crippen LogP contribution in [0, 0.1) is 18.2 Å². The molecule has 6 heteroatoms. The van der Waals surface area contributed by atoms with Crippen LogP contribution in [0.25, 0.3) is 0 Å². The molecule has 3 N–H and O–H groups in total.